The fourth-order valence-corrected chi connectivity index (χ4v) is 3.22. The molecular formula is C22H17N6O+. The van der Waals surface area contributed by atoms with Crippen molar-refractivity contribution in [2.75, 3.05) is 5.73 Å². The van der Waals surface area contributed by atoms with Crippen molar-refractivity contribution in [2.45, 2.75) is 0 Å². The topological polar surface area (TPSA) is 93.6 Å². The molecule has 0 aliphatic carbocycles. The lowest BCUT2D eigenvalue weighted by atomic mass is 10.1. The Balaban J connectivity index is 1.58. The van der Waals surface area contributed by atoms with E-state index in [9.17, 15) is 0 Å². The van der Waals surface area contributed by atoms with E-state index >= 15 is 0 Å². The summed E-state index contributed by atoms with van der Waals surface area (Å²) in [7, 11) is 0. The number of benzene rings is 2. The molecule has 140 valence electrons. The number of para-hydroxylation sites is 1. The number of nitrogens with one attached hydrogen (secondary N) is 1. The van der Waals surface area contributed by atoms with Crippen LogP contribution in [0, 0.1) is 0 Å². The van der Waals surface area contributed by atoms with Crippen LogP contribution >= 0.6 is 0 Å². The molecule has 29 heavy (non-hydrogen) atoms. The van der Waals surface area contributed by atoms with Gasteiger partial charge in [-0.2, -0.15) is 4.98 Å². The summed E-state index contributed by atoms with van der Waals surface area (Å²) in [5, 5.41) is 4.16. The van der Waals surface area contributed by atoms with Crippen LogP contribution in [0.2, 0.25) is 0 Å². The summed E-state index contributed by atoms with van der Waals surface area (Å²) < 4.78 is 7.76. The maximum Gasteiger partial charge on any atom is 0.361 e. The smallest absolute Gasteiger partial charge is 0.361 e. The van der Waals surface area contributed by atoms with Gasteiger partial charge < -0.3 is 10.5 Å². The molecule has 0 bridgehead atoms. The molecule has 2 aromatic carbocycles. The van der Waals surface area contributed by atoms with Crippen LogP contribution in [0.4, 0.5) is 5.82 Å². The molecule has 0 aliphatic rings. The Bertz CT molecular complexity index is 1270. The van der Waals surface area contributed by atoms with Crippen LogP contribution < -0.4 is 15.2 Å². The van der Waals surface area contributed by atoms with E-state index < -0.39 is 0 Å². The predicted molar refractivity (Wildman–Crippen MR) is 110 cm³/mol. The molecule has 3 heterocycles. The van der Waals surface area contributed by atoms with Gasteiger partial charge in [-0.05, 0) is 41.4 Å². The minimum absolute atomic E-state index is 0.415. The quantitative estimate of drug-likeness (QED) is 0.463. The Labute approximate surface area is 166 Å². The van der Waals surface area contributed by atoms with E-state index in [2.05, 4.69) is 20.1 Å². The number of hydrogen-bond acceptors (Lipinski definition) is 5. The molecule has 0 spiro atoms. The first kappa shape index (κ1) is 16.9. The number of hydrogen-bond donors (Lipinski definition) is 2. The molecule has 3 N–H and O–H groups in total. The summed E-state index contributed by atoms with van der Waals surface area (Å²) >= 11 is 0. The molecule has 0 radical (unpaired) electrons. The predicted octanol–water partition coefficient (Wildman–Crippen LogP) is 3.67. The van der Waals surface area contributed by atoms with Crippen LogP contribution in [0.1, 0.15) is 0 Å². The Kier molecular flexibility index (Phi) is 4.10. The van der Waals surface area contributed by atoms with Crippen LogP contribution in [0.5, 0.6) is 11.5 Å². The highest BCUT2D eigenvalue weighted by molar-refractivity contribution is 5.96. The van der Waals surface area contributed by atoms with Gasteiger partial charge in [0.1, 0.15) is 28.4 Å². The van der Waals surface area contributed by atoms with E-state index in [4.69, 9.17) is 10.5 Å². The van der Waals surface area contributed by atoms with Crippen molar-refractivity contribution in [1.82, 2.24) is 20.1 Å². The molecule has 0 atom stereocenters. The molecule has 0 saturated carbocycles. The monoisotopic (exact) mass is 381 g/mol. The Morgan fingerprint density at radius 3 is 2.31 bits per heavy atom. The standard InChI is InChI=1S/C22H16N6O/c23-21-19-20(15-6-8-18(9-7-15)29-17-4-2-1-3-5-17)27-28(22(19)26-14-25-21)16-10-12-24-13-11-16/h1-14H,(H2,23,25,26,27)/p+1. The average Bonchev–Trinajstić information content (AvgIpc) is 3.17. The van der Waals surface area contributed by atoms with Crippen LogP contribution in [0.3, 0.4) is 0 Å². The van der Waals surface area contributed by atoms with Gasteiger partial charge in [0.15, 0.2) is 5.69 Å². The third-order valence-electron chi connectivity index (χ3n) is 4.58. The number of H-pyrrole nitrogens is 1. The van der Waals surface area contributed by atoms with Crippen molar-refractivity contribution in [3.8, 4) is 28.4 Å². The largest absolute Gasteiger partial charge is 0.457 e. The second kappa shape index (κ2) is 7.05. The fourth-order valence-electron chi connectivity index (χ4n) is 3.22. The normalized spacial score (nSPS) is 10.9. The third kappa shape index (κ3) is 3.14. The lowest BCUT2D eigenvalue weighted by Gasteiger charge is -2.06. The van der Waals surface area contributed by atoms with E-state index in [1.165, 1.54) is 6.33 Å². The molecule has 0 fully saturated rings. The van der Waals surface area contributed by atoms with Gasteiger partial charge in [0.25, 0.3) is 0 Å². The summed E-state index contributed by atoms with van der Waals surface area (Å²) in [5.74, 6) is 1.96. The maximum absolute atomic E-state index is 6.20. The van der Waals surface area contributed by atoms with Crippen molar-refractivity contribution in [2.24, 2.45) is 0 Å². The van der Waals surface area contributed by atoms with Crippen LogP contribution in [-0.2, 0) is 0 Å². The van der Waals surface area contributed by atoms with Gasteiger partial charge in [0.05, 0.1) is 0 Å². The minimum Gasteiger partial charge on any atom is -0.457 e. The van der Waals surface area contributed by atoms with E-state index in [1.807, 2.05) is 71.4 Å². The number of aromatic amines is 1. The molecule has 0 aliphatic heterocycles. The second-order valence-electron chi connectivity index (χ2n) is 6.42. The highest BCUT2D eigenvalue weighted by Crippen LogP contribution is 2.30. The van der Waals surface area contributed by atoms with Crippen molar-refractivity contribution >= 4 is 16.9 Å². The van der Waals surface area contributed by atoms with Crippen LogP contribution in [0.15, 0.2) is 85.5 Å². The Morgan fingerprint density at radius 1 is 0.828 bits per heavy atom. The highest BCUT2D eigenvalue weighted by Gasteiger charge is 2.23. The molecule has 3 aromatic heterocycles. The molecule has 7 nitrogen and oxygen atoms in total. The van der Waals surface area contributed by atoms with E-state index in [0.717, 1.165) is 33.8 Å². The fraction of sp³-hybridized carbons (Fsp3) is 0. The van der Waals surface area contributed by atoms with Crippen LogP contribution in [0.25, 0.3) is 28.0 Å². The lowest BCUT2D eigenvalue weighted by molar-refractivity contribution is -0.631. The first-order chi connectivity index (χ1) is 14.3. The van der Waals surface area contributed by atoms with Crippen molar-refractivity contribution in [3.63, 3.8) is 0 Å². The molecule has 5 rings (SSSR count). The van der Waals surface area contributed by atoms with Gasteiger partial charge in [-0.3, -0.25) is 4.98 Å². The first-order valence-corrected chi connectivity index (χ1v) is 9.07. The molecule has 0 amide bonds. The molecular weight excluding hydrogens is 364 g/mol. The van der Waals surface area contributed by atoms with Crippen molar-refractivity contribution in [1.29, 1.82) is 0 Å². The van der Waals surface area contributed by atoms with Gasteiger partial charge >= 0.3 is 5.65 Å². The summed E-state index contributed by atoms with van der Waals surface area (Å²) in [6.07, 6.45) is 4.92. The number of aromatic nitrogens is 5. The third-order valence-corrected chi connectivity index (χ3v) is 4.58. The summed E-state index contributed by atoms with van der Waals surface area (Å²) in [5.41, 5.74) is 9.58. The second-order valence-corrected chi connectivity index (χ2v) is 6.42. The van der Waals surface area contributed by atoms with Crippen LogP contribution in [-0.4, -0.2) is 20.1 Å². The molecule has 0 saturated heterocycles. The number of nitrogen functional groups attached to an aromatic ring is 1. The minimum atomic E-state index is 0.415. The number of ether oxygens (including phenoxy) is 1. The zero-order chi connectivity index (χ0) is 19.6. The number of pyridine rings is 1. The molecule has 5 aromatic rings. The van der Waals surface area contributed by atoms with E-state index in [-0.39, 0.29) is 0 Å². The van der Waals surface area contributed by atoms with Crippen molar-refractivity contribution < 1.29 is 9.42 Å². The Morgan fingerprint density at radius 2 is 1.55 bits per heavy atom. The average molecular weight is 381 g/mol. The molecule has 7 heteroatoms. The zero-order valence-corrected chi connectivity index (χ0v) is 15.4. The Hall–Kier alpha value is -4.26. The number of rotatable bonds is 4. The molecule has 0 unspecified atom stereocenters. The van der Waals surface area contributed by atoms with E-state index in [1.54, 1.807) is 12.4 Å². The number of nitrogens with zero attached hydrogens (tertiary/aromatic N) is 4. The first-order valence-electron chi connectivity index (χ1n) is 9.07. The van der Waals surface area contributed by atoms with Gasteiger partial charge in [0, 0.05) is 30.1 Å². The van der Waals surface area contributed by atoms with E-state index in [0.29, 0.717) is 11.5 Å². The van der Waals surface area contributed by atoms with Gasteiger partial charge in [-0.1, -0.05) is 18.2 Å². The van der Waals surface area contributed by atoms with Gasteiger partial charge in [-0.25, -0.2) is 5.10 Å². The van der Waals surface area contributed by atoms with Gasteiger partial charge in [0.2, 0.25) is 6.33 Å². The van der Waals surface area contributed by atoms with Crippen molar-refractivity contribution in [3.05, 3.63) is 85.5 Å². The number of fused-ring (bicyclic) bond motifs is 1. The summed E-state index contributed by atoms with van der Waals surface area (Å²) in [4.78, 5) is 12.7. The number of nitrogens with two attached hydrogens (primary N) is 1. The highest BCUT2D eigenvalue weighted by atomic mass is 16.5. The lowest BCUT2D eigenvalue weighted by Crippen LogP contribution is -2.33. The summed E-state index contributed by atoms with van der Waals surface area (Å²) in [6, 6.07) is 21.3. The van der Waals surface area contributed by atoms with Gasteiger partial charge in [-0.15, -0.1) is 4.68 Å². The SMILES string of the molecule is Nc1ncnc2c1c(-c1ccc(Oc3ccccc3)cc1)[nH][n+]2-c1ccncc1. The maximum atomic E-state index is 6.20. The zero-order valence-electron chi connectivity index (χ0n) is 15.4. The summed E-state index contributed by atoms with van der Waals surface area (Å²) in [6.45, 7) is 0. The number of anilines is 1.